The Balaban J connectivity index is 1.76. The number of carbonyl (C=O) groups is 3. The molecule has 3 fully saturated rings. The number of ether oxygens (including phenoxy) is 1. The third-order valence-corrected chi connectivity index (χ3v) is 9.68. The summed E-state index contributed by atoms with van der Waals surface area (Å²) >= 11 is 1.63. The fraction of sp³-hybridized carbons (Fsp3) is 0.640. The van der Waals surface area contributed by atoms with Crippen molar-refractivity contribution >= 4 is 35.2 Å². The van der Waals surface area contributed by atoms with Crippen LogP contribution in [0.3, 0.4) is 0 Å². The standard InChI is InChI=1S/C25H35N3O5S/c1-14(2)12-16(13-29)28-20(22(31)27-15-6-8-17(33-5)9-7-15)25-11-10-24(3,34-25)18(21(30)26-4)19(25)23(28)32/h6-9,14,16,18-20,29H,10-13H2,1-5H3,(H,26,30)(H,27,31)/t16-,18-,19+,20?,24+,25?/m1/s1. The van der Waals surface area contributed by atoms with Gasteiger partial charge in [-0.1, -0.05) is 13.8 Å². The number of benzene rings is 1. The maximum atomic E-state index is 14.0. The molecule has 0 aliphatic carbocycles. The summed E-state index contributed by atoms with van der Waals surface area (Å²) in [5.41, 5.74) is 0.606. The van der Waals surface area contributed by atoms with Crippen LogP contribution in [0.15, 0.2) is 24.3 Å². The average Bonchev–Trinajstić information content (AvgIpc) is 3.38. The normalized spacial score (nSPS) is 32.6. The first-order chi connectivity index (χ1) is 16.1. The van der Waals surface area contributed by atoms with E-state index in [-0.39, 0.29) is 30.2 Å². The summed E-state index contributed by atoms with van der Waals surface area (Å²) in [6, 6.07) is 5.79. The molecule has 3 aliphatic heterocycles. The lowest BCUT2D eigenvalue weighted by Crippen LogP contribution is -2.55. The summed E-state index contributed by atoms with van der Waals surface area (Å²) in [7, 11) is 3.17. The van der Waals surface area contributed by atoms with Crippen LogP contribution in [0.25, 0.3) is 0 Å². The molecule has 4 rings (SSSR count). The monoisotopic (exact) mass is 489 g/mol. The van der Waals surface area contributed by atoms with E-state index in [9.17, 15) is 19.5 Å². The van der Waals surface area contributed by atoms with Crippen molar-refractivity contribution in [2.24, 2.45) is 17.8 Å². The lowest BCUT2D eigenvalue weighted by molar-refractivity contribution is -0.142. The maximum absolute atomic E-state index is 14.0. The molecular weight excluding hydrogens is 454 g/mol. The number of likely N-dealkylation sites (tertiary alicyclic amines) is 1. The van der Waals surface area contributed by atoms with Gasteiger partial charge in [0.2, 0.25) is 17.7 Å². The second-order valence-electron chi connectivity index (χ2n) is 10.3. The largest absolute Gasteiger partial charge is 0.497 e. The molecule has 6 atom stereocenters. The Labute approximate surface area is 205 Å². The quantitative estimate of drug-likeness (QED) is 0.517. The van der Waals surface area contributed by atoms with E-state index in [0.717, 1.165) is 6.42 Å². The van der Waals surface area contributed by atoms with Crippen LogP contribution in [0.5, 0.6) is 5.75 Å². The lowest BCUT2D eigenvalue weighted by atomic mass is 9.66. The van der Waals surface area contributed by atoms with Gasteiger partial charge >= 0.3 is 0 Å². The molecule has 9 heteroatoms. The van der Waals surface area contributed by atoms with Crippen LogP contribution in [-0.2, 0) is 14.4 Å². The highest BCUT2D eigenvalue weighted by molar-refractivity contribution is 8.02. The van der Waals surface area contributed by atoms with E-state index in [0.29, 0.717) is 24.3 Å². The van der Waals surface area contributed by atoms with Gasteiger partial charge in [-0.2, -0.15) is 0 Å². The van der Waals surface area contributed by atoms with Crippen molar-refractivity contribution in [1.29, 1.82) is 0 Å². The van der Waals surface area contributed by atoms with Crippen LogP contribution >= 0.6 is 11.8 Å². The van der Waals surface area contributed by atoms with E-state index >= 15 is 0 Å². The Morgan fingerprint density at radius 2 is 1.91 bits per heavy atom. The second kappa shape index (κ2) is 9.07. The van der Waals surface area contributed by atoms with Crippen LogP contribution in [0.4, 0.5) is 5.69 Å². The third-order valence-electron chi connectivity index (χ3n) is 7.70. The number of fused-ring (bicyclic) bond motifs is 1. The van der Waals surface area contributed by atoms with E-state index < -0.39 is 33.4 Å². The highest BCUT2D eigenvalue weighted by Gasteiger charge is 2.77. The number of anilines is 1. The number of nitrogens with zero attached hydrogens (tertiary/aromatic N) is 1. The number of rotatable bonds is 8. The summed E-state index contributed by atoms with van der Waals surface area (Å²) < 4.78 is 4.10. The first-order valence-corrected chi connectivity index (χ1v) is 12.7. The first-order valence-electron chi connectivity index (χ1n) is 11.9. The van der Waals surface area contributed by atoms with Gasteiger partial charge in [-0.15, -0.1) is 11.8 Å². The van der Waals surface area contributed by atoms with E-state index in [1.807, 2.05) is 20.8 Å². The molecule has 1 aromatic carbocycles. The summed E-state index contributed by atoms with van der Waals surface area (Å²) in [6.45, 7) is 5.87. The topological polar surface area (TPSA) is 108 Å². The van der Waals surface area contributed by atoms with Crippen molar-refractivity contribution in [3.05, 3.63) is 24.3 Å². The molecule has 2 unspecified atom stereocenters. The molecule has 1 spiro atoms. The van der Waals surface area contributed by atoms with Gasteiger partial charge in [-0.25, -0.2) is 0 Å². The van der Waals surface area contributed by atoms with Crippen molar-refractivity contribution in [3.8, 4) is 5.75 Å². The van der Waals surface area contributed by atoms with Crippen molar-refractivity contribution < 1.29 is 24.2 Å². The average molecular weight is 490 g/mol. The molecule has 3 saturated heterocycles. The van der Waals surface area contributed by atoms with Gasteiger partial charge in [0, 0.05) is 17.5 Å². The lowest BCUT2D eigenvalue weighted by Gasteiger charge is -2.37. The predicted molar refractivity (Wildman–Crippen MR) is 132 cm³/mol. The van der Waals surface area contributed by atoms with Crippen LogP contribution in [0.1, 0.15) is 40.0 Å². The number of amides is 3. The Morgan fingerprint density at radius 1 is 1.24 bits per heavy atom. The molecule has 186 valence electrons. The minimum absolute atomic E-state index is 0.157. The molecular formula is C25H35N3O5S. The van der Waals surface area contributed by atoms with E-state index in [4.69, 9.17) is 4.74 Å². The van der Waals surface area contributed by atoms with Crippen LogP contribution < -0.4 is 15.4 Å². The Hall–Kier alpha value is -2.26. The molecule has 34 heavy (non-hydrogen) atoms. The number of hydrogen-bond donors (Lipinski definition) is 3. The van der Waals surface area contributed by atoms with Crippen LogP contribution in [-0.4, -0.2) is 70.1 Å². The van der Waals surface area contributed by atoms with Crippen molar-refractivity contribution in [1.82, 2.24) is 10.2 Å². The molecule has 2 bridgehead atoms. The molecule has 0 aromatic heterocycles. The Morgan fingerprint density at radius 3 is 2.47 bits per heavy atom. The van der Waals surface area contributed by atoms with Gasteiger partial charge < -0.3 is 25.4 Å². The predicted octanol–water partition coefficient (Wildman–Crippen LogP) is 2.27. The molecule has 0 saturated carbocycles. The summed E-state index contributed by atoms with van der Waals surface area (Å²) in [5.74, 6) is -0.832. The zero-order valence-corrected chi connectivity index (χ0v) is 21.3. The minimum atomic E-state index is -0.774. The smallest absolute Gasteiger partial charge is 0.248 e. The SMILES string of the molecule is CNC(=O)[C@H]1[C@H]2C(=O)N([C@@H](CO)CC(C)C)C(C(=O)Nc3ccc(OC)cc3)C23CC[C@]1(C)S3. The number of methoxy groups -OCH3 is 1. The van der Waals surface area contributed by atoms with Gasteiger partial charge in [0.1, 0.15) is 11.8 Å². The molecule has 1 aromatic rings. The fourth-order valence-corrected chi connectivity index (χ4v) is 8.66. The number of carbonyl (C=O) groups excluding carboxylic acids is 3. The zero-order valence-electron chi connectivity index (χ0n) is 20.5. The number of aliphatic hydroxyl groups is 1. The molecule has 3 heterocycles. The number of aliphatic hydroxyl groups excluding tert-OH is 1. The molecule has 0 radical (unpaired) electrons. The van der Waals surface area contributed by atoms with E-state index in [1.54, 1.807) is 55.1 Å². The first kappa shape index (κ1) is 24.9. The van der Waals surface area contributed by atoms with Crippen LogP contribution in [0, 0.1) is 17.8 Å². The van der Waals surface area contributed by atoms with Crippen LogP contribution in [0.2, 0.25) is 0 Å². The summed E-state index contributed by atoms with van der Waals surface area (Å²) in [4.78, 5) is 42.5. The summed E-state index contributed by atoms with van der Waals surface area (Å²) in [5, 5.41) is 16.0. The van der Waals surface area contributed by atoms with Crippen molar-refractivity contribution in [2.75, 3.05) is 26.1 Å². The number of thioether (sulfide) groups is 1. The van der Waals surface area contributed by atoms with E-state index in [1.165, 1.54) is 0 Å². The van der Waals surface area contributed by atoms with Gasteiger partial charge in [-0.3, -0.25) is 14.4 Å². The fourth-order valence-electron chi connectivity index (χ4n) is 6.32. The Bertz CT molecular complexity index is 970. The maximum Gasteiger partial charge on any atom is 0.248 e. The molecule has 3 N–H and O–H groups in total. The minimum Gasteiger partial charge on any atom is -0.497 e. The summed E-state index contributed by atoms with van der Waals surface area (Å²) in [6.07, 6.45) is 2.01. The van der Waals surface area contributed by atoms with E-state index in [2.05, 4.69) is 10.6 Å². The molecule has 8 nitrogen and oxygen atoms in total. The number of hydrogen-bond acceptors (Lipinski definition) is 6. The zero-order chi connectivity index (χ0) is 24.8. The van der Waals surface area contributed by atoms with Crippen molar-refractivity contribution in [2.45, 2.75) is 61.6 Å². The second-order valence-corrected chi connectivity index (χ2v) is 12.2. The highest BCUT2D eigenvalue weighted by Crippen LogP contribution is 2.71. The Kier molecular flexibility index (Phi) is 6.63. The molecule has 3 amide bonds. The van der Waals surface area contributed by atoms with Gasteiger partial charge in [-0.05, 0) is 56.4 Å². The van der Waals surface area contributed by atoms with Gasteiger partial charge in [0.15, 0.2) is 0 Å². The molecule has 3 aliphatic rings. The highest BCUT2D eigenvalue weighted by atomic mass is 32.2. The van der Waals surface area contributed by atoms with Gasteiger partial charge in [0.05, 0.1) is 36.3 Å². The van der Waals surface area contributed by atoms with Gasteiger partial charge in [0.25, 0.3) is 0 Å². The van der Waals surface area contributed by atoms with Crippen molar-refractivity contribution in [3.63, 3.8) is 0 Å². The number of nitrogens with one attached hydrogen (secondary N) is 2. The third kappa shape index (κ3) is 3.77.